The van der Waals surface area contributed by atoms with Gasteiger partial charge >= 0.3 is 5.97 Å². The summed E-state index contributed by atoms with van der Waals surface area (Å²) in [4.78, 5) is 13.1. The van der Waals surface area contributed by atoms with Gasteiger partial charge in [0, 0.05) is 12.5 Å². The van der Waals surface area contributed by atoms with Gasteiger partial charge in [0.05, 0.1) is 26.5 Å². The van der Waals surface area contributed by atoms with Crippen LogP contribution in [-0.2, 0) is 22.6 Å². The smallest absolute Gasteiger partial charge is 0.384 e. The number of rotatable bonds is 5. The van der Waals surface area contributed by atoms with E-state index >= 15 is 0 Å². The normalized spacial score (nSPS) is 10.0. The minimum absolute atomic E-state index is 0.463. The van der Waals surface area contributed by atoms with Crippen molar-refractivity contribution in [2.75, 3.05) is 13.7 Å². The van der Waals surface area contributed by atoms with Crippen molar-refractivity contribution in [3.8, 4) is 11.8 Å². The average molecular weight is 283 g/mol. The fourth-order valence-electron chi connectivity index (χ4n) is 1.91. The minimum Gasteiger partial charge on any atom is -0.468 e. The van der Waals surface area contributed by atoms with Crippen LogP contribution in [0, 0.1) is 11.8 Å². The summed E-state index contributed by atoms with van der Waals surface area (Å²) in [5, 5.41) is 0. The summed E-state index contributed by atoms with van der Waals surface area (Å²) in [5.74, 6) is 5.62. The summed E-state index contributed by atoms with van der Waals surface area (Å²) >= 11 is 0. The number of carbonyl (C=O) groups is 1. The Kier molecular flexibility index (Phi) is 5.62. The third kappa shape index (κ3) is 5.17. The van der Waals surface area contributed by atoms with Crippen LogP contribution in [0.25, 0.3) is 0 Å². The molecule has 0 saturated carbocycles. The van der Waals surface area contributed by atoms with Crippen molar-refractivity contribution < 1.29 is 13.9 Å². The molecule has 0 saturated heterocycles. The molecule has 0 aliphatic carbocycles. The van der Waals surface area contributed by atoms with Gasteiger partial charge in [-0.3, -0.25) is 4.90 Å². The molecule has 0 unspecified atom stereocenters. The van der Waals surface area contributed by atoms with Crippen LogP contribution in [0.4, 0.5) is 0 Å². The fourth-order valence-corrected chi connectivity index (χ4v) is 1.91. The number of nitrogens with zero attached hydrogens (tertiary/aromatic N) is 1. The highest BCUT2D eigenvalue weighted by Crippen LogP contribution is 2.09. The van der Waals surface area contributed by atoms with Crippen LogP contribution in [-0.4, -0.2) is 24.5 Å². The van der Waals surface area contributed by atoms with Crippen LogP contribution in [0.1, 0.15) is 11.3 Å². The summed E-state index contributed by atoms with van der Waals surface area (Å²) in [6, 6.07) is 13.9. The standard InChI is InChI=1S/C17H17NO3/c1-20-17(19)10-5-11-18(14-16-9-6-12-21-16)13-15-7-3-2-4-8-15/h2-4,6-9,12H,11,13-14H2,1H3. The summed E-state index contributed by atoms with van der Waals surface area (Å²) in [6.07, 6.45) is 1.65. The SMILES string of the molecule is COC(=O)C#CCN(Cc1ccccc1)Cc1ccco1. The number of hydrogen-bond donors (Lipinski definition) is 0. The van der Waals surface area contributed by atoms with E-state index in [9.17, 15) is 4.79 Å². The van der Waals surface area contributed by atoms with Gasteiger partial charge in [-0.15, -0.1) is 0 Å². The molecule has 0 aliphatic heterocycles. The van der Waals surface area contributed by atoms with Crippen LogP contribution in [0.15, 0.2) is 53.1 Å². The Morgan fingerprint density at radius 1 is 1.19 bits per heavy atom. The van der Waals surface area contributed by atoms with Gasteiger partial charge in [0.25, 0.3) is 0 Å². The first-order valence-corrected chi connectivity index (χ1v) is 6.63. The van der Waals surface area contributed by atoms with E-state index in [1.807, 2.05) is 30.3 Å². The first-order valence-electron chi connectivity index (χ1n) is 6.63. The zero-order valence-corrected chi connectivity index (χ0v) is 11.9. The number of hydrogen-bond acceptors (Lipinski definition) is 4. The molecule has 1 aromatic carbocycles. The van der Waals surface area contributed by atoms with Crippen molar-refractivity contribution in [3.05, 3.63) is 60.1 Å². The zero-order valence-electron chi connectivity index (χ0n) is 11.9. The highest BCUT2D eigenvalue weighted by molar-refractivity contribution is 5.88. The summed E-state index contributed by atoms with van der Waals surface area (Å²) in [7, 11) is 1.32. The second-order valence-electron chi connectivity index (χ2n) is 4.50. The van der Waals surface area contributed by atoms with Gasteiger partial charge < -0.3 is 9.15 Å². The van der Waals surface area contributed by atoms with Crippen LogP contribution in [0.5, 0.6) is 0 Å². The Morgan fingerprint density at radius 3 is 2.67 bits per heavy atom. The fraction of sp³-hybridized carbons (Fsp3) is 0.235. The highest BCUT2D eigenvalue weighted by atomic mass is 16.5. The number of esters is 1. The van der Waals surface area contributed by atoms with E-state index in [0.29, 0.717) is 13.1 Å². The van der Waals surface area contributed by atoms with Crippen molar-refractivity contribution in [1.82, 2.24) is 4.90 Å². The molecule has 1 aromatic heterocycles. The quantitative estimate of drug-likeness (QED) is 0.480. The van der Waals surface area contributed by atoms with E-state index in [1.165, 1.54) is 12.7 Å². The Balaban J connectivity index is 2.02. The van der Waals surface area contributed by atoms with Crippen molar-refractivity contribution in [3.63, 3.8) is 0 Å². The molecule has 0 bridgehead atoms. The van der Waals surface area contributed by atoms with Crippen LogP contribution in [0.3, 0.4) is 0 Å². The summed E-state index contributed by atoms with van der Waals surface area (Å²) in [5.41, 5.74) is 1.18. The molecule has 1 heterocycles. The van der Waals surface area contributed by atoms with Crippen LogP contribution >= 0.6 is 0 Å². The first kappa shape index (κ1) is 14.9. The minimum atomic E-state index is -0.521. The lowest BCUT2D eigenvalue weighted by Gasteiger charge is -2.18. The number of benzene rings is 1. The zero-order chi connectivity index (χ0) is 14.9. The molecular formula is C17H17NO3. The molecule has 4 heteroatoms. The predicted octanol–water partition coefficient (Wildman–Crippen LogP) is 2.46. The molecule has 0 amide bonds. The van der Waals surface area contributed by atoms with Gasteiger partial charge in [0.1, 0.15) is 5.76 Å². The Labute approximate surface area is 124 Å². The molecule has 0 radical (unpaired) electrons. The molecular weight excluding hydrogens is 266 g/mol. The highest BCUT2D eigenvalue weighted by Gasteiger charge is 2.07. The number of furan rings is 1. The third-order valence-corrected chi connectivity index (χ3v) is 2.89. The maximum absolute atomic E-state index is 11.0. The first-order chi connectivity index (χ1) is 10.3. The number of carbonyl (C=O) groups excluding carboxylic acids is 1. The topological polar surface area (TPSA) is 42.7 Å². The molecule has 108 valence electrons. The van der Waals surface area contributed by atoms with Gasteiger partial charge in [-0.1, -0.05) is 36.3 Å². The van der Waals surface area contributed by atoms with Gasteiger partial charge in [-0.05, 0) is 17.7 Å². The van der Waals surface area contributed by atoms with Gasteiger partial charge in [-0.2, -0.15) is 0 Å². The molecule has 0 fully saturated rings. The van der Waals surface area contributed by atoms with E-state index in [2.05, 4.69) is 33.6 Å². The Hall–Kier alpha value is -2.51. The summed E-state index contributed by atoms with van der Waals surface area (Å²) in [6.45, 7) is 1.83. The predicted molar refractivity (Wildman–Crippen MR) is 79.1 cm³/mol. The molecule has 0 N–H and O–H groups in total. The van der Waals surface area contributed by atoms with Crippen LogP contribution < -0.4 is 0 Å². The monoisotopic (exact) mass is 283 g/mol. The lowest BCUT2D eigenvalue weighted by molar-refractivity contribution is -0.133. The van der Waals surface area contributed by atoms with Crippen LogP contribution in [0.2, 0.25) is 0 Å². The van der Waals surface area contributed by atoms with E-state index in [4.69, 9.17) is 4.42 Å². The molecule has 2 aromatic rings. The maximum Gasteiger partial charge on any atom is 0.384 e. The van der Waals surface area contributed by atoms with Gasteiger partial charge in [-0.25, -0.2) is 4.79 Å². The molecule has 4 nitrogen and oxygen atoms in total. The second-order valence-corrected chi connectivity index (χ2v) is 4.50. The van der Waals surface area contributed by atoms with E-state index in [-0.39, 0.29) is 0 Å². The molecule has 21 heavy (non-hydrogen) atoms. The number of ether oxygens (including phenoxy) is 1. The van der Waals surface area contributed by atoms with E-state index < -0.39 is 5.97 Å². The van der Waals surface area contributed by atoms with Crippen molar-refractivity contribution in [2.24, 2.45) is 0 Å². The van der Waals surface area contributed by atoms with Gasteiger partial charge in [0.2, 0.25) is 0 Å². The third-order valence-electron chi connectivity index (χ3n) is 2.89. The van der Waals surface area contributed by atoms with Crippen molar-refractivity contribution in [1.29, 1.82) is 0 Å². The van der Waals surface area contributed by atoms with Crippen molar-refractivity contribution in [2.45, 2.75) is 13.1 Å². The van der Waals surface area contributed by atoms with E-state index in [1.54, 1.807) is 6.26 Å². The number of methoxy groups -OCH3 is 1. The molecule has 0 aliphatic rings. The van der Waals surface area contributed by atoms with Gasteiger partial charge in [0.15, 0.2) is 0 Å². The molecule has 0 atom stereocenters. The summed E-state index contributed by atoms with van der Waals surface area (Å²) < 4.78 is 9.88. The van der Waals surface area contributed by atoms with Crippen molar-refractivity contribution >= 4 is 5.97 Å². The Bertz CT molecular complexity index is 608. The lowest BCUT2D eigenvalue weighted by Crippen LogP contribution is -2.23. The largest absolute Gasteiger partial charge is 0.468 e. The Morgan fingerprint density at radius 2 is 2.00 bits per heavy atom. The maximum atomic E-state index is 11.0. The second kappa shape index (κ2) is 7.93. The lowest BCUT2D eigenvalue weighted by atomic mass is 10.2. The van der Waals surface area contributed by atoms with E-state index in [0.717, 1.165) is 12.3 Å². The molecule has 2 rings (SSSR count). The average Bonchev–Trinajstić information content (AvgIpc) is 3.01. The molecule has 0 spiro atoms.